The molecule has 0 unspecified atom stereocenters. The van der Waals surface area contributed by atoms with Crippen LogP contribution >= 0.6 is 23.1 Å². The van der Waals surface area contributed by atoms with Crippen LogP contribution in [0, 0.1) is 0 Å². The first-order chi connectivity index (χ1) is 16.0. The molecule has 168 valence electrons. The fourth-order valence-corrected chi connectivity index (χ4v) is 4.44. The molecule has 33 heavy (non-hydrogen) atoms. The highest BCUT2D eigenvalue weighted by atomic mass is 32.2. The molecule has 11 heteroatoms. The summed E-state index contributed by atoms with van der Waals surface area (Å²) in [6.45, 7) is 3.56. The summed E-state index contributed by atoms with van der Waals surface area (Å²) < 4.78 is 1.52. The number of amides is 2. The number of nitrogens with one attached hydrogen (secondary N) is 2. The maximum absolute atomic E-state index is 12.5. The standard InChI is InChI=1S/C22H21N7O2S2/c1-3-15-7-9-16(10-8-15)19-12-32-21(24-19)25-20(31)13-33-22-26-27-28-29(22)18-6-4-5-17(11-18)23-14(2)30/h4-12H,3,13H2,1-2H3,(H,23,30)(H,24,25,31). The topological polar surface area (TPSA) is 115 Å². The van der Waals surface area contributed by atoms with E-state index in [0.717, 1.165) is 17.7 Å². The van der Waals surface area contributed by atoms with Gasteiger partial charge < -0.3 is 10.6 Å². The van der Waals surface area contributed by atoms with Crippen LogP contribution in [0.2, 0.25) is 0 Å². The molecule has 0 saturated carbocycles. The Morgan fingerprint density at radius 2 is 1.94 bits per heavy atom. The number of aryl methyl sites for hydroxylation is 1. The van der Waals surface area contributed by atoms with Crippen LogP contribution in [0.25, 0.3) is 16.9 Å². The third-order valence-corrected chi connectivity index (χ3v) is 6.27. The third-order valence-electron chi connectivity index (χ3n) is 4.59. The molecular formula is C22H21N7O2S2. The smallest absolute Gasteiger partial charge is 0.236 e. The van der Waals surface area contributed by atoms with Crippen LogP contribution in [0.4, 0.5) is 10.8 Å². The number of anilines is 2. The van der Waals surface area contributed by atoms with Crippen LogP contribution < -0.4 is 10.6 Å². The number of thioether (sulfide) groups is 1. The monoisotopic (exact) mass is 479 g/mol. The predicted molar refractivity (Wildman–Crippen MR) is 130 cm³/mol. The van der Waals surface area contributed by atoms with E-state index >= 15 is 0 Å². The number of benzene rings is 2. The van der Waals surface area contributed by atoms with E-state index < -0.39 is 0 Å². The quantitative estimate of drug-likeness (QED) is 0.367. The summed E-state index contributed by atoms with van der Waals surface area (Å²) in [4.78, 5) is 28.3. The van der Waals surface area contributed by atoms with Gasteiger partial charge in [0.25, 0.3) is 0 Å². The van der Waals surface area contributed by atoms with Crippen molar-refractivity contribution in [1.29, 1.82) is 0 Å². The number of tetrazole rings is 1. The molecule has 4 aromatic rings. The number of carbonyl (C=O) groups excluding carboxylic acids is 2. The molecule has 2 N–H and O–H groups in total. The van der Waals surface area contributed by atoms with Gasteiger partial charge in [0.15, 0.2) is 5.13 Å². The largest absolute Gasteiger partial charge is 0.326 e. The van der Waals surface area contributed by atoms with Crippen LogP contribution in [0.15, 0.2) is 59.1 Å². The van der Waals surface area contributed by atoms with E-state index in [2.05, 4.69) is 50.2 Å². The molecule has 0 atom stereocenters. The molecule has 2 aromatic heterocycles. The van der Waals surface area contributed by atoms with E-state index in [1.54, 1.807) is 18.2 Å². The first-order valence-electron chi connectivity index (χ1n) is 10.2. The number of hydrogen-bond donors (Lipinski definition) is 2. The van der Waals surface area contributed by atoms with Crippen LogP contribution in [0.3, 0.4) is 0 Å². The second-order valence-electron chi connectivity index (χ2n) is 7.03. The zero-order valence-electron chi connectivity index (χ0n) is 18.0. The Labute approximate surface area is 198 Å². The first kappa shape index (κ1) is 22.6. The number of carbonyl (C=O) groups is 2. The molecule has 0 fully saturated rings. The minimum Gasteiger partial charge on any atom is -0.326 e. The fraction of sp³-hybridized carbons (Fsp3) is 0.182. The van der Waals surface area contributed by atoms with E-state index in [0.29, 0.717) is 21.7 Å². The van der Waals surface area contributed by atoms with Gasteiger partial charge in [-0.2, -0.15) is 4.68 Å². The normalized spacial score (nSPS) is 10.7. The number of hydrogen-bond acceptors (Lipinski definition) is 8. The molecule has 0 radical (unpaired) electrons. The summed E-state index contributed by atoms with van der Waals surface area (Å²) in [6.07, 6.45) is 0.986. The van der Waals surface area contributed by atoms with Crippen molar-refractivity contribution in [3.8, 4) is 16.9 Å². The molecule has 2 amide bonds. The molecule has 0 aliphatic rings. The lowest BCUT2D eigenvalue weighted by molar-refractivity contribution is -0.114. The molecule has 4 rings (SSSR count). The minimum absolute atomic E-state index is 0.117. The molecule has 0 spiro atoms. The van der Waals surface area contributed by atoms with E-state index in [9.17, 15) is 9.59 Å². The van der Waals surface area contributed by atoms with Crippen molar-refractivity contribution in [1.82, 2.24) is 25.2 Å². The van der Waals surface area contributed by atoms with Crippen LogP contribution in [-0.4, -0.2) is 42.8 Å². The van der Waals surface area contributed by atoms with Crippen LogP contribution in [0.1, 0.15) is 19.4 Å². The third kappa shape index (κ3) is 5.82. The maximum atomic E-state index is 12.5. The van der Waals surface area contributed by atoms with Crippen LogP contribution in [0.5, 0.6) is 0 Å². The maximum Gasteiger partial charge on any atom is 0.236 e. The van der Waals surface area contributed by atoms with E-state index in [4.69, 9.17) is 0 Å². The van der Waals surface area contributed by atoms with E-state index in [-0.39, 0.29) is 17.6 Å². The van der Waals surface area contributed by atoms with Gasteiger partial charge in [-0.3, -0.25) is 9.59 Å². The summed E-state index contributed by atoms with van der Waals surface area (Å²) in [5, 5.41) is 20.2. The number of rotatable bonds is 8. The van der Waals surface area contributed by atoms with Gasteiger partial charge in [0.1, 0.15) is 0 Å². The average Bonchev–Trinajstić information content (AvgIpc) is 3.47. The second kappa shape index (κ2) is 10.4. The van der Waals surface area contributed by atoms with Gasteiger partial charge in [0.05, 0.1) is 17.1 Å². The van der Waals surface area contributed by atoms with Gasteiger partial charge in [-0.15, -0.1) is 16.4 Å². The Bertz CT molecular complexity index is 1270. The molecule has 2 aromatic carbocycles. The summed E-state index contributed by atoms with van der Waals surface area (Å²) in [5.41, 5.74) is 4.41. The SMILES string of the molecule is CCc1ccc(-c2csc(NC(=O)CSc3nnnn3-c3cccc(NC(C)=O)c3)n2)cc1. The van der Waals surface area contributed by atoms with Crippen molar-refractivity contribution in [2.75, 3.05) is 16.4 Å². The first-order valence-corrected chi connectivity index (χ1v) is 12.0. The lowest BCUT2D eigenvalue weighted by Gasteiger charge is -2.07. The zero-order chi connectivity index (χ0) is 23.2. The molecule has 0 saturated heterocycles. The summed E-state index contributed by atoms with van der Waals surface area (Å²) in [5.74, 6) is -0.256. The lowest BCUT2D eigenvalue weighted by Crippen LogP contribution is -2.14. The van der Waals surface area contributed by atoms with Crippen molar-refractivity contribution >= 4 is 45.7 Å². The van der Waals surface area contributed by atoms with E-state index in [1.165, 1.54) is 40.3 Å². The molecular weight excluding hydrogens is 458 g/mol. The van der Waals surface area contributed by atoms with Gasteiger partial charge in [0.2, 0.25) is 17.0 Å². The Morgan fingerprint density at radius 1 is 1.12 bits per heavy atom. The van der Waals surface area contributed by atoms with Gasteiger partial charge in [0, 0.05) is 23.6 Å². The fourth-order valence-electron chi connectivity index (χ4n) is 3.01. The highest BCUT2D eigenvalue weighted by molar-refractivity contribution is 7.99. The Kier molecular flexibility index (Phi) is 7.10. The number of nitrogens with zero attached hydrogens (tertiary/aromatic N) is 5. The highest BCUT2D eigenvalue weighted by Gasteiger charge is 2.14. The molecule has 2 heterocycles. The van der Waals surface area contributed by atoms with Crippen molar-refractivity contribution in [2.45, 2.75) is 25.4 Å². The Hall–Kier alpha value is -3.57. The van der Waals surface area contributed by atoms with Gasteiger partial charge in [-0.05, 0) is 40.6 Å². The molecule has 0 bridgehead atoms. The predicted octanol–water partition coefficient (Wildman–Crippen LogP) is 4.04. The van der Waals surface area contributed by atoms with Crippen molar-refractivity contribution in [3.63, 3.8) is 0 Å². The zero-order valence-corrected chi connectivity index (χ0v) is 19.6. The highest BCUT2D eigenvalue weighted by Crippen LogP contribution is 2.26. The van der Waals surface area contributed by atoms with Crippen molar-refractivity contribution in [3.05, 3.63) is 59.5 Å². The second-order valence-corrected chi connectivity index (χ2v) is 8.83. The molecule has 0 aliphatic heterocycles. The van der Waals surface area contributed by atoms with Crippen molar-refractivity contribution in [2.24, 2.45) is 0 Å². The number of thiazole rings is 1. The van der Waals surface area contributed by atoms with Gasteiger partial charge in [-0.1, -0.05) is 49.0 Å². The molecule has 0 aliphatic carbocycles. The summed E-state index contributed by atoms with van der Waals surface area (Å²) in [6, 6.07) is 15.4. The van der Waals surface area contributed by atoms with Crippen molar-refractivity contribution < 1.29 is 9.59 Å². The summed E-state index contributed by atoms with van der Waals surface area (Å²) in [7, 11) is 0. The van der Waals surface area contributed by atoms with Gasteiger partial charge >= 0.3 is 0 Å². The van der Waals surface area contributed by atoms with Crippen LogP contribution in [-0.2, 0) is 16.0 Å². The van der Waals surface area contributed by atoms with Gasteiger partial charge in [-0.25, -0.2) is 4.98 Å². The minimum atomic E-state index is -0.205. The molecule has 9 nitrogen and oxygen atoms in total. The Morgan fingerprint density at radius 3 is 2.70 bits per heavy atom. The lowest BCUT2D eigenvalue weighted by atomic mass is 10.1. The average molecular weight is 480 g/mol. The van der Waals surface area contributed by atoms with E-state index in [1.807, 2.05) is 23.6 Å². The summed E-state index contributed by atoms with van der Waals surface area (Å²) >= 11 is 2.59. The number of aromatic nitrogens is 5. The Balaban J connectivity index is 1.37.